The highest BCUT2D eigenvalue weighted by atomic mass is 32.1. The average molecular weight is 333 g/mol. The molecule has 3 heterocycles. The Labute approximate surface area is 138 Å². The van der Waals surface area contributed by atoms with Crippen LogP contribution in [0, 0.1) is 0 Å². The number of amides is 2. The number of hydrogen-bond donors (Lipinski definition) is 1. The van der Waals surface area contributed by atoms with Crippen molar-refractivity contribution in [2.24, 2.45) is 0 Å². The molecule has 8 heteroatoms. The fraction of sp³-hybridized carbons (Fsp3) is 0.467. The van der Waals surface area contributed by atoms with Crippen molar-refractivity contribution in [1.82, 2.24) is 19.9 Å². The Hall–Kier alpha value is -2.22. The van der Waals surface area contributed by atoms with E-state index in [1.807, 2.05) is 23.1 Å². The van der Waals surface area contributed by atoms with Crippen LogP contribution in [-0.4, -0.2) is 38.9 Å². The SMILES string of the molecule is C[C@@H](Cn1ccnc1)NC(=O)Cc1csc(N2CCCC2=O)n1. The number of aromatic nitrogens is 3. The van der Waals surface area contributed by atoms with Crippen LogP contribution in [0.15, 0.2) is 24.1 Å². The minimum absolute atomic E-state index is 0.00923. The van der Waals surface area contributed by atoms with E-state index in [9.17, 15) is 9.59 Å². The molecule has 7 nitrogen and oxygen atoms in total. The molecule has 2 aromatic heterocycles. The van der Waals surface area contributed by atoms with Crippen LogP contribution in [0.4, 0.5) is 5.13 Å². The third-order valence-electron chi connectivity index (χ3n) is 3.64. The Morgan fingerprint density at radius 2 is 2.39 bits per heavy atom. The van der Waals surface area contributed by atoms with Gasteiger partial charge in [-0.3, -0.25) is 14.5 Å². The first kappa shape index (κ1) is 15.7. The zero-order valence-corrected chi connectivity index (χ0v) is 13.8. The summed E-state index contributed by atoms with van der Waals surface area (Å²) in [5.74, 6) is 0.0477. The van der Waals surface area contributed by atoms with E-state index in [1.165, 1.54) is 11.3 Å². The first-order chi connectivity index (χ1) is 11.1. The summed E-state index contributed by atoms with van der Waals surface area (Å²) in [6.45, 7) is 3.35. The number of carbonyl (C=O) groups is 2. The first-order valence-corrected chi connectivity index (χ1v) is 8.49. The van der Waals surface area contributed by atoms with Gasteiger partial charge in [0.2, 0.25) is 11.8 Å². The van der Waals surface area contributed by atoms with Gasteiger partial charge in [-0.15, -0.1) is 11.3 Å². The van der Waals surface area contributed by atoms with E-state index < -0.39 is 0 Å². The zero-order valence-electron chi connectivity index (χ0n) is 12.9. The van der Waals surface area contributed by atoms with Gasteiger partial charge >= 0.3 is 0 Å². The van der Waals surface area contributed by atoms with Crippen molar-refractivity contribution in [1.29, 1.82) is 0 Å². The lowest BCUT2D eigenvalue weighted by Crippen LogP contribution is -2.36. The van der Waals surface area contributed by atoms with Crippen LogP contribution in [0.1, 0.15) is 25.5 Å². The molecule has 0 aromatic carbocycles. The highest BCUT2D eigenvalue weighted by molar-refractivity contribution is 7.14. The van der Waals surface area contributed by atoms with Crippen LogP contribution in [-0.2, 0) is 22.6 Å². The van der Waals surface area contributed by atoms with Crippen LogP contribution in [0.2, 0.25) is 0 Å². The van der Waals surface area contributed by atoms with Gasteiger partial charge in [-0.05, 0) is 13.3 Å². The molecule has 2 amide bonds. The zero-order chi connectivity index (χ0) is 16.2. The summed E-state index contributed by atoms with van der Waals surface area (Å²) < 4.78 is 1.92. The van der Waals surface area contributed by atoms with Crippen molar-refractivity contribution in [2.75, 3.05) is 11.4 Å². The number of hydrogen-bond acceptors (Lipinski definition) is 5. The predicted octanol–water partition coefficient (Wildman–Crippen LogP) is 1.21. The third kappa shape index (κ3) is 3.95. The second-order valence-electron chi connectivity index (χ2n) is 5.68. The summed E-state index contributed by atoms with van der Waals surface area (Å²) in [5.41, 5.74) is 0.706. The number of nitrogens with zero attached hydrogens (tertiary/aromatic N) is 4. The molecule has 23 heavy (non-hydrogen) atoms. The van der Waals surface area contributed by atoms with Crippen molar-refractivity contribution in [3.8, 4) is 0 Å². The van der Waals surface area contributed by atoms with Gasteiger partial charge in [0, 0.05) is 43.3 Å². The average Bonchev–Trinajstić information content (AvgIpc) is 3.20. The topological polar surface area (TPSA) is 80.1 Å². The molecule has 0 aliphatic carbocycles. The number of imidazole rings is 1. The number of carbonyl (C=O) groups excluding carboxylic acids is 2. The maximum Gasteiger partial charge on any atom is 0.228 e. The van der Waals surface area contributed by atoms with E-state index in [4.69, 9.17) is 0 Å². The smallest absolute Gasteiger partial charge is 0.228 e. The lowest BCUT2D eigenvalue weighted by molar-refractivity contribution is -0.121. The maximum atomic E-state index is 12.1. The molecule has 1 fully saturated rings. The molecule has 0 bridgehead atoms. The van der Waals surface area contributed by atoms with Crippen LogP contribution < -0.4 is 10.2 Å². The second kappa shape index (κ2) is 6.91. The lowest BCUT2D eigenvalue weighted by atomic mass is 10.2. The normalized spacial score (nSPS) is 15.9. The molecular weight excluding hydrogens is 314 g/mol. The quantitative estimate of drug-likeness (QED) is 0.862. The Morgan fingerprint density at radius 3 is 3.09 bits per heavy atom. The Balaban J connectivity index is 1.51. The Morgan fingerprint density at radius 1 is 1.52 bits per heavy atom. The van der Waals surface area contributed by atoms with Gasteiger partial charge in [0.25, 0.3) is 0 Å². The van der Waals surface area contributed by atoms with Crippen molar-refractivity contribution < 1.29 is 9.59 Å². The van der Waals surface area contributed by atoms with Gasteiger partial charge in [-0.1, -0.05) is 0 Å². The van der Waals surface area contributed by atoms with Gasteiger partial charge in [0.05, 0.1) is 18.4 Å². The molecule has 1 aliphatic heterocycles. The molecule has 1 saturated heterocycles. The van der Waals surface area contributed by atoms with Gasteiger partial charge in [-0.2, -0.15) is 0 Å². The molecule has 3 rings (SSSR count). The fourth-order valence-corrected chi connectivity index (χ4v) is 3.47. The minimum atomic E-state index is -0.0674. The first-order valence-electron chi connectivity index (χ1n) is 7.61. The molecule has 0 unspecified atom stereocenters. The molecular formula is C15H19N5O2S. The molecule has 1 N–H and O–H groups in total. The summed E-state index contributed by atoms with van der Waals surface area (Å²) in [4.78, 5) is 33.9. The summed E-state index contributed by atoms with van der Waals surface area (Å²) in [5, 5.41) is 5.50. The monoisotopic (exact) mass is 333 g/mol. The van der Waals surface area contributed by atoms with E-state index in [0.29, 0.717) is 23.8 Å². The van der Waals surface area contributed by atoms with E-state index in [2.05, 4.69) is 15.3 Å². The molecule has 0 radical (unpaired) electrons. The van der Waals surface area contributed by atoms with E-state index in [1.54, 1.807) is 17.4 Å². The van der Waals surface area contributed by atoms with E-state index >= 15 is 0 Å². The summed E-state index contributed by atoms with van der Waals surface area (Å²) in [6, 6.07) is 0.00923. The van der Waals surface area contributed by atoms with Crippen molar-refractivity contribution in [2.45, 2.75) is 38.8 Å². The van der Waals surface area contributed by atoms with Crippen LogP contribution in [0.25, 0.3) is 0 Å². The highest BCUT2D eigenvalue weighted by Gasteiger charge is 2.24. The van der Waals surface area contributed by atoms with Gasteiger partial charge < -0.3 is 9.88 Å². The minimum Gasteiger partial charge on any atom is -0.352 e. The lowest BCUT2D eigenvalue weighted by Gasteiger charge is -2.14. The van der Waals surface area contributed by atoms with Gasteiger partial charge in [-0.25, -0.2) is 9.97 Å². The fourth-order valence-electron chi connectivity index (χ4n) is 2.60. The van der Waals surface area contributed by atoms with Crippen LogP contribution in [0.5, 0.6) is 0 Å². The second-order valence-corrected chi connectivity index (χ2v) is 6.51. The number of thiazole rings is 1. The summed E-state index contributed by atoms with van der Waals surface area (Å²) in [6.07, 6.45) is 6.99. The summed E-state index contributed by atoms with van der Waals surface area (Å²) >= 11 is 1.42. The molecule has 122 valence electrons. The molecule has 0 saturated carbocycles. The standard InChI is InChI=1S/C15H19N5O2S/c1-11(8-19-6-4-16-10-19)17-13(21)7-12-9-23-15(18-12)20-5-2-3-14(20)22/h4,6,9-11H,2-3,5,7-8H2,1H3,(H,17,21)/t11-/m0/s1. The third-order valence-corrected chi connectivity index (χ3v) is 4.55. The molecule has 1 atom stereocenters. The predicted molar refractivity (Wildman–Crippen MR) is 87.2 cm³/mol. The largest absolute Gasteiger partial charge is 0.352 e. The summed E-state index contributed by atoms with van der Waals surface area (Å²) in [7, 11) is 0. The van der Waals surface area contributed by atoms with E-state index in [0.717, 1.165) is 13.0 Å². The number of rotatable bonds is 6. The maximum absolute atomic E-state index is 12.1. The van der Waals surface area contributed by atoms with Crippen molar-refractivity contribution in [3.05, 3.63) is 29.8 Å². The van der Waals surface area contributed by atoms with Gasteiger partial charge in [0.15, 0.2) is 5.13 Å². The van der Waals surface area contributed by atoms with Crippen LogP contribution in [0.3, 0.4) is 0 Å². The molecule has 0 spiro atoms. The van der Waals surface area contributed by atoms with Crippen molar-refractivity contribution >= 4 is 28.3 Å². The number of anilines is 1. The van der Waals surface area contributed by atoms with Crippen molar-refractivity contribution in [3.63, 3.8) is 0 Å². The van der Waals surface area contributed by atoms with Crippen LogP contribution >= 0.6 is 11.3 Å². The molecule has 2 aromatic rings. The van der Waals surface area contributed by atoms with E-state index in [-0.39, 0.29) is 24.3 Å². The number of nitrogens with one attached hydrogen (secondary N) is 1. The molecule has 1 aliphatic rings. The Bertz CT molecular complexity index is 682. The Kier molecular flexibility index (Phi) is 4.71. The highest BCUT2D eigenvalue weighted by Crippen LogP contribution is 2.25. The van der Waals surface area contributed by atoms with Gasteiger partial charge in [0.1, 0.15) is 0 Å².